The second-order valence-electron chi connectivity index (χ2n) is 4.29. The molecule has 0 bridgehead atoms. The van der Waals surface area contributed by atoms with Crippen molar-refractivity contribution in [3.8, 4) is 0 Å². The average Bonchev–Trinajstić information content (AvgIpc) is 2.89. The molecule has 1 aromatic rings. The molecule has 0 aromatic carbocycles. The van der Waals surface area contributed by atoms with E-state index in [4.69, 9.17) is 13.8 Å². The number of thiophene rings is 1. The van der Waals surface area contributed by atoms with Crippen LogP contribution in [0.25, 0.3) is 0 Å². The Labute approximate surface area is 134 Å². The van der Waals surface area contributed by atoms with Gasteiger partial charge in [-0.15, -0.1) is 11.3 Å². The number of ether oxygens (including phenoxy) is 1. The first kappa shape index (κ1) is 19.0. The van der Waals surface area contributed by atoms with Crippen LogP contribution in [0.2, 0.25) is 0 Å². The van der Waals surface area contributed by atoms with Gasteiger partial charge in [-0.1, -0.05) is 0 Å². The third-order valence-electron chi connectivity index (χ3n) is 2.69. The summed E-state index contributed by atoms with van der Waals surface area (Å²) in [6.45, 7) is 6.86. The van der Waals surface area contributed by atoms with Crippen LogP contribution in [0, 0.1) is 0 Å². The molecule has 0 aliphatic rings. The summed E-state index contributed by atoms with van der Waals surface area (Å²) >= 11 is 1.10. The highest BCUT2D eigenvalue weighted by Gasteiger charge is 2.44. The lowest BCUT2D eigenvalue weighted by Gasteiger charge is -2.24. The number of rotatable bonds is 9. The van der Waals surface area contributed by atoms with Crippen LogP contribution in [0.15, 0.2) is 12.1 Å². The number of ketones is 1. The fraction of sp³-hybridized carbons (Fsp3) is 0.571. The summed E-state index contributed by atoms with van der Waals surface area (Å²) in [5.74, 6) is -0.800. The molecule has 0 saturated heterocycles. The van der Waals surface area contributed by atoms with E-state index in [0.29, 0.717) is 9.75 Å². The first-order valence-electron chi connectivity index (χ1n) is 7.05. The zero-order valence-corrected chi connectivity index (χ0v) is 14.9. The Kier molecular flexibility index (Phi) is 7.42. The molecule has 0 aliphatic heterocycles. The van der Waals surface area contributed by atoms with E-state index >= 15 is 0 Å². The second-order valence-corrected chi connectivity index (χ2v) is 7.52. The number of carbonyl (C=O) groups excluding carboxylic acids is 2. The predicted octanol–water partition coefficient (Wildman–Crippen LogP) is 3.82. The second kappa shape index (κ2) is 8.58. The van der Waals surface area contributed by atoms with Crippen molar-refractivity contribution in [3.63, 3.8) is 0 Å². The molecule has 1 heterocycles. The fourth-order valence-electron chi connectivity index (χ4n) is 1.86. The fourth-order valence-corrected chi connectivity index (χ4v) is 5.10. The Morgan fingerprint density at radius 1 is 1.14 bits per heavy atom. The molecule has 1 aromatic heterocycles. The van der Waals surface area contributed by atoms with Crippen LogP contribution in [0.4, 0.5) is 0 Å². The summed E-state index contributed by atoms with van der Waals surface area (Å²) in [6, 6.07) is 3.18. The molecule has 6 nitrogen and oxygen atoms in total. The van der Waals surface area contributed by atoms with E-state index in [1.54, 1.807) is 32.9 Å². The molecular weight excluding hydrogens is 327 g/mol. The van der Waals surface area contributed by atoms with Crippen LogP contribution in [0.3, 0.4) is 0 Å². The summed E-state index contributed by atoms with van der Waals surface area (Å²) in [5, 5.41) is 0. The molecule has 0 radical (unpaired) electrons. The highest BCUT2D eigenvalue weighted by molar-refractivity contribution is 7.55. The zero-order valence-electron chi connectivity index (χ0n) is 13.2. The Hall–Kier alpha value is -1.01. The summed E-state index contributed by atoms with van der Waals surface area (Å²) in [7, 11) is -3.73. The maximum atomic E-state index is 13.0. The van der Waals surface area contributed by atoms with Gasteiger partial charge < -0.3 is 13.8 Å². The van der Waals surface area contributed by atoms with Gasteiger partial charge in [0.1, 0.15) is 0 Å². The van der Waals surface area contributed by atoms with E-state index in [0.717, 1.165) is 11.3 Å². The molecular formula is C14H21O6PS. The molecule has 1 rings (SSSR count). The molecule has 1 unspecified atom stereocenters. The molecule has 124 valence electrons. The van der Waals surface area contributed by atoms with Crippen LogP contribution in [0.5, 0.6) is 0 Å². The minimum atomic E-state index is -3.73. The topological polar surface area (TPSA) is 78.9 Å². The van der Waals surface area contributed by atoms with Crippen molar-refractivity contribution in [3.05, 3.63) is 21.9 Å². The predicted molar refractivity (Wildman–Crippen MR) is 84.6 cm³/mol. The third-order valence-corrected chi connectivity index (χ3v) is 6.47. The van der Waals surface area contributed by atoms with E-state index < -0.39 is 19.2 Å². The van der Waals surface area contributed by atoms with Crippen LogP contribution < -0.4 is 0 Å². The smallest absolute Gasteiger partial charge is 0.350 e. The Morgan fingerprint density at radius 2 is 1.73 bits per heavy atom. The standard InChI is InChI=1S/C14H21O6PS/c1-5-18-14(16)13(21(17,19-6-2)20-7-3)12-9-8-11(22-12)10(4)15/h8-9,13H,5-7H2,1-4H3. The van der Waals surface area contributed by atoms with Gasteiger partial charge in [0.05, 0.1) is 24.7 Å². The molecule has 22 heavy (non-hydrogen) atoms. The van der Waals surface area contributed by atoms with Crippen LogP contribution in [-0.2, 0) is 23.1 Å². The first-order chi connectivity index (χ1) is 10.4. The van der Waals surface area contributed by atoms with Gasteiger partial charge in [-0.2, -0.15) is 0 Å². The van der Waals surface area contributed by atoms with Crippen molar-refractivity contribution in [1.29, 1.82) is 0 Å². The first-order valence-corrected chi connectivity index (χ1v) is 9.48. The van der Waals surface area contributed by atoms with Crippen molar-refractivity contribution in [2.24, 2.45) is 0 Å². The molecule has 0 aliphatic carbocycles. The molecule has 8 heteroatoms. The average molecular weight is 348 g/mol. The Balaban J connectivity index is 3.29. The molecule has 1 atom stereocenters. The number of carbonyl (C=O) groups is 2. The van der Waals surface area contributed by atoms with Gasteiger partial charge in [0.15, 0.2) is 11.4 Å². The minimum absolute atomic E-state index is 0.124. The number of hydrogen-bond acceptors (Lipinski definition) is 7. The lowest BCUT2D eigenvalue weighted by Crippen LogP contribution is -2.18. The highest BCUT2D eigenvalue weighted by atomic mass is 32.1. The summed E-state index contributed by atoms with van der Waals surface area (Å²) in [6.07, 6.45) is 0. The lowest BCUT2D eigenvalue weighted by molar-refractivity contribution is -0.143. The van der Waals surface area contributed by atoms with E-state index in [1.807, 2.05) is 0 Å². The van der Waals surface area contributed by atoms with Gasteiger partial charge in [0.2, 0.25) is 0 Å². The van der Waals surface area contributed by atoms with Gasteiger partial charge in [-0.25, -0.2) is 0 Å². The van der Waals surface area contributed by atoms with E-state index in [1.165, 1.54) is 6.92 Å². The minimum Gasteiger partial charge on any atom is -0.465 e. The van der Waals surface area contributed by atoms with Crippen molar-refractivity contribution < 1.29 is 27.9 Å². The molecule has 0 amide bonds. The van der Waals surface area contributed by atoms with Crippen molar-refractivity contribution in [2.45, 2.75) is 33.4 Å². The third kappa shape index (κ3) is 4.49. The maximum Gasteiger partial charge on any atom is 0.350 e. The maximum absolute atomic E-state index is 13.0. The normalized spacial score (nSPS) is 12.9. The van der Waals surface area contributed by atoms with Gasteiger partial charge in [0.25, 0.3) is 0 Å². The summed E-state index contributed by atoms with van der Waals surface area (Å²) < 4.78 is 28.6. The van der Waals surface area contributed by atoms with Gasteiger partial charge >= 0.3 is 13.6 Å². The summed E-state index contributed by atoms with van der Waals surface area (Å²) in [5.41, 5.74) is -1.18. The lowest BCUT2D eigenvalue weighted by atomic mass is 10.3. The quantitative estimate of drug-likeness (QED) is 0.383. The molecule has 0 saturated carbocycles. The van der Waals surface area contributed by atoms with Crippen LogP contribution in [0.1, 0.15) is 47.9 Å². The molecule has 0 N–H and O–H groups in total. The van der Waals surface area contributed by atoms with Crippen molar-refractivity contribution >= 4 is 30.7 Å². The van der Waals surface area contributed by atoms with Gasteiger partial charge in [-0.3, -0.25) is 14.2 Å². The zero-order chi connectivity index (χ0) is 16.8. The largest absolute Gasteiger partial charge is 0.465 e. The number of hydrogen-bond donors (Lipinski definition) is 0. The number of esters is 1. The van der Waals surface area contributed by atoms with Crippen molar-refractivity contribution in [1.82, 2.24) is 0 Å². The van der Waals surface area contributed by atoms with Crippen molar-refractivity contribution in [2.75, 3.05) is 19.8 Å². The van der Waals surface area contributed by atoms with E-state index in [9.17, 15) is 14.2 Å². The molecule has 0 spiro atoms. The van der Waals surface area contributed by atoms with Gasteiger partial charge in [-0.05, 0) is 39.8 Å². The highest BCUT2D eigenvalue weighted by Crippen LogP contribution is 2.62. The monoisotopic (exact) mass is 348 g/mol. The number of Topliss-reactive ketones (excluding diaryl/α,β-unsaturated/α-hetero) is 1. The Bertz CT molecular complexity index is 557. The van der Waals surface area contributed by atoms with Gasteiger partial charge in [0, 0.05) is 4.88 Å². The van der Waals surface area contributed by atoms with Crippen LogP contribution >= 0.6 is 18.9 Å². The Morgan fingerprint density at radius 3 is 2.14 bits per heavy atom. The van der Waals surface area contributed by atoms with E-state index in [-0.39, 0.29) is 25.6 Å². The molecule has 0 fully saturated rings. The van der Waals surface area contributed by atoms with E-state index in [2.05, 4.69) is 0 Å². The summed E-state index contributed by atoms with van der Waals surface area (Å²) in [4.78, 5) is 24.6. The van der Waals surface area contributed by atoms with Crippen LogP contribution in [-0.4, -0.2) is 31.6 Å². The SMILES string of the molecule is CCOC(=O)C(c1ccc(C(C)=O)s1)P(=O)(OCC)OCC.